The predicted molar refractivity (Wildman–Crippen MR) is 115 cm³/mol. The third kappa shape index (κ3) is 10.6. The SMILES string of the molecule is CCNC(=NCC1CCCO1)NCCCCOC1CCCCCC1.I. The van der Waals surface area contributed by atoms with E-state index in [1.807, 2.05) is 0 Å². The topological polar surface area (TPSA) is 54.9 Å². The molecule has 0 bridgehead atoms. The monoisotopic (exact) mass is 467 g/mol. The molecule has 2 fully saturated rings. The van der Waals surface area contributed by atoms with Crippen molar-refractivity contribution in [3.63, 3.8) is 0 Å². The van der Waals surface area contributed by atoms with E-state index in [0.717, 1.165) is 58.1 Å². The van der Waals surface area contributed by atoms with Crippen LogP contribution >= 0.6 is 24.0 Å². The van der Waals surface area contributed by atoms with Crippen LogP contribution in [0.2, 0.25) is 0 Å². The number of hydrogen-bond donors (Lipinski definition) is 2. The summed E-state index contributed by atoms with van der Waals surface area (Å²) >= 11 is 0. The molecule has 2 N–H and O–H groups in total. The van der Waals surface area contributed by atoms with Crippen LogP contribution in [0.1, 0.15) is 71.1 Å². The standard InChI is InChI=1S/C19H37N3O2.HI/c1-2-20-19(22-16-18-12-9-15-24-18)21-13-7-8-14-23-17-10-5-3-4-6-11-17;/h17-18H,2-16H2,1H3,(H2,20,21,22);1H. The predicted octanol–water partition coefficient (Wildman–Crippen LogP) is 3.86. The van der Waals surface area contributed by atoms with Gasteiger partial charge in [-0.2, -0.15) is 0 Å². The zero-order valence-electron chi connectivity index (χ0n) is 15.9. The van der Waals surface area contributed by atoms with Gasteiger partial charge < -0.3 is 20.1 Å². The molecule has 0 amide bonds. The molecule has 0 aromatic heterocycles. The fraction of sp³-hybridized carbons (Fsp3) is 0.947. The van der Waals surface area contributed by atoms with E-state index in [-0.39, 0.29) is 24.0 Å². The summed E-state index contributed by atoms with van der Waals surface area (Å²) in [6.07, 6.45) is 13.4. The van der Waals surface area contributed by atoms with Gasteiger partial charge in [0.1, 0.15) is 0 Å². The molecule has 1 unspecified atom stereocenters. The van der Waals surface area contributed by atoms with Crippen LogP contribution in [-0.4, -0.2) is 51.0 Å². The number of halogens is 1. The van der Waals surface area contributed by atoms with Gasteiger partial charge in [-0.05, 0) is 45.4 Å². The first-order valence-electron chi connectivity index (χ1n) is 10.1. The first-order valence-corrected chi connectivity index (χ1v) is 10.1. The number of aliphatic imine (C=N–C) groups is 1. The molecular formula is C19H38IN3O2. The van der Waals surface area contributed by atoms with E-state index in [1.54, 1.807) is 0 Å². The summed E-state index contributed by atoms with van der Waals surface area (Å²) in [4.78, 5) is 4.64. The Morgan fingerprint density at radius 2 is 1.84 bits per heavy atom. The largest absolute Gasteiger partial charge is 0.378 e. The van der Waals surface area contributed by atoms with E-state index in [0.29, 0.717) is 12.2 Å². The quantitative estimate of drug-likeness (QED) is 0.178. The van der Waals surface area contributed by atoms with E-state index < -0.39 is 0 Å². The number of rotatable bonds is 9. The van der Waals surface area contributed by atoms with Gasteiger partial charge in [-0.25, -0.2) is 0 Å². The van der Waals surface area contributed by atoms with Crippen molar-refractivity contribution < 1.29 is 9.47 Å². The van der Waals surface area contributed by atoms with Gasteiger partial charge in [0.2, 0.25) is 0 Å². The molecule has 0 radical (unpaired) electrons. The molecule has 1 atom stereocenters. The lowest BCUT2D eigenvalue weighted by molar-refractivity contribution is 0.0411. The van der Waals surface area contributed by atoms with Crippen LogP contribution in [0.5, 0.6) is 0 Å². The molecule has 0 spiro atoms. The number of hydrogen-bond acceptors (Lipinski definition) is 3. The third-order valence-electron chi connectivity index (χ3n) is 4.84. The first kappa shape index (κ1) is 23.0. The van der Waals surface area contributed by atoms with E-state index in [1.165, 1.54) is 44.9 Å². The molecule has 1 saturated carbocycles. The van der Waals surface area contributed by atoms with Crippen LogP contribution in [0.4, 0.5) is 0 Å². The van der Waals surface area contributed by atoms with Gasteiger partial charge in [0.05, 0.1) is 18.8 Å². The minimum absolute atomic E-state index is 0. The highest BCUT2D eigenvalue weighted by atomic mass is 127. The van der Waals surface area contributed by atoms with Crippen LogP contribution < -0.4 is 10.6 Å². The minimum Gasteiger partial charge on any atom is -0.378 e. The number of ether oxygens (including phenoxy) is 2. The molecule has 148 valence electrons. The van der Waals surface area contributed by atoms with Gasteiger partial charge in [-0.15, -0.1) is 24.0 Å². The lowest BCUT2D eigenvalue weighted by Crippen LogP contribution is -2.38. The average Bonchev–Trinajstić information content (AvgIpc) is 2.98. The van der Waals surface area contributed by atoms with Gasteiger partial charge in [-0.1, -0.05) is 25.7 Å². The van der Waals surface area contributed by atoms with Gasteiger partial charge in [0.15, 0.2) is 5.96 Å². The van der Waals surface area contributed by atoms with Crippen molar-refractivity contribution in [2.24, 2.45) is 4.99 Å². The highest BCUT2D eigenvalue weighted by Gasteiger charge is 2.15. The number of guanidine groups is 1. The lowest BCUT2D eigenvalue weighted by Gasteiger charge is -2.16. The van der Waals surface area contributed by atoms with Crippen molar-refractivity contribution in [1.29, 1.82) is 0 Å². The second kappa shape index (κ2) is 15.0. The van der Waals surface area contributed by atoms with Crippen molar-refractivity contribution in [2.75, 3.05) is 32.8 Å². The summed E-state index contributed by atoms with van der Waals surface area (Å²) in [5.74, 6) is 0.915. The molecule has 1 aliphatic heterocycles. The molecule has 0 aromatic rings. The summed E-state index contributed by atoms with van der Waals surface area (Å²) in [5, 5.41) is 6.73. The Bertz CT molecular complexity index is 342. The maximum Gasteiger partial charge on any atom is 0.191 e. The van der Waals surface area contributed by atoms with Crippen molar-refractivity contribution >= 4 is 29.9 Å². The van der Waals surface area contributed by atoms with Gasteiger partial charge in [-0.3, -0.25) is 4.99 Å². The molecule has 0 aromatic carbocycles. The Hall–Kier alpha value is -0.0800. The average molecular weight is 467 g/mol. The van der Waals surface area contributed by atoms with Crippen LogP contribution in [-0.2, 0) is 9.47 Å². The van der Waals surface area contributed by atoms with Crippen molar-refractivity contribution in [3.05, 3.63) is 0 Å². The molecule has 6 heteroatoms. The molecule has 1 saturated heterocycles. The van der Waals surface area contributed by atoms with Crippen LogP contribution in [0, 0.1) is 0 Å². The fourth-order valence-corrected chi connectivity index (χ4v) is 3.42. The molecule has 2 rings (SSSR count). The molecular weight excluding hydrogens is 429 g/mol. The summed E-state index contributed by atoms with van der Waals surface area (Å²) in [5.41, 5.74) is 0. The Morgan fingerprint density at radius 1 is 1.04 bits per heavy atom. The lowest BCUT2D eigenvalue weighted by atomic mass is 10.1. The highest BCUT2D eigenvalue weighted by Crippen LogP contribution is 2.19. The van der Waals surface area contributed by atoms with Gasteiger partial charge >= 0.3 is 0 Å². The smallest absolute Gasteiger partial charge is 0.191 e. The highest BCUT2D eigenvalue weighted by molar-refractivity contribution is 14.0. The Kier molecular flexibility index (Phi) is 13.8. The second-order valence-corrected chi connectivity index (χ2v) is 6.97. The van der Waals surface area contributed by atoms with E-state index in [2.05, 4.69) is 22.5 Å². The minimum atomic E-state index is 0. The maximum atomic E-state index is 6.04. The Labute approximate surface area is 171 Å². The second-order valence-electron chi connectivity index (χ2n) is 6.97. The Balaban J connectivity index is 0.00000312. The van der Waals surface area contributed by atoms with Crippen molar-refractivity contribution in [2.45, 2.75) is 83.3 Å². The summed E-state index contributed by atoms with van der Waals surface area (Å²) < 4.78 is 11.7. The van der Waals surface area contributed by atoms with E-state index in [4.69, 9.17) is 9.47 Å². The van der Waals surface area contributed by atoms with E-state index in [9.17, 15) is 0 Å². The van der Waals surface area contributed by atoms with Crippen LogP contribution in [0.3, 0.4) is 0 Å². The molecule has 1 heterocycles. The zero-order valence-corrected chi connectivity index (χ0v) is 18.3. The normalized spacial score (nSPS) is 22.3. The fourth-order valence-electron chi connectivity index (χ4n) is 3.42. The molecule has 5 nitrogen and oxygen atoms in total. The number of nitrogens with zero attached hydrogens (tertiary/aromatic N) is 1. The zero-order chi connectivity index (χ0) is 16.9. The Morgan fingerprint density at radius 3 is 2.52 bits per heavy atom. The first-order chi connectivity index (χ1) is 11.9. The summed E-state index contributed by atoms with van der Waals surface area (Å²) in [7, 11) is 0. The van der Waals surface area contributed by atoms with Crippen molar-refractivity contribution in [3.8, 4) is 0 Å². The third-order valence-corrected chi connectivity index (χ3v) is 4.84. The van der Waals surface area contributed by atoms with Crippen molar-refractivity contribution in [1.82, 2.24) is 10.6 Å². The number of nitrogens with one attached hydrogen (secondary N) is 2. The van der Waals surface area contributed by atoms with Gasteiger partial charge in [0, 0.05) is 26.3 Å². The van der Waals surface area contributed by atoms with Crippen LogP contribution in [0.15, 0.2) is 4.99 Å². The van der Waals surface area contributed by atoms with E-state index >= 15 is 0 Å². The molecule has 1 aliphatic carbocycles. The molecule has 2 aliphatic rings. The number of unbranched alkanes of at least 4 members (excludes halogenated alkanes) is 1. The summed E-state index contributed by atoms with van der Waals surface area (Å²) in [6, 6.07) is 0. The summed E-state index contributed by atoms with van der Waals surface area (Å²) in [6.45, 7) is 6.50. The maximum absolute atomic E-state index is 6.04. The van der Waals surface area contributed by atoms with Crippen LogP contribution in [0.25, 0.3) is 0 Å². The van der Waals surface area contributed by atoms with Gasteiger partial charge in [0.25, 0.3) is 0 Å². The molecule has 25 heavy (non-hydrogen) atoms.